The maximum Gasteiger partial charge on any atom is 0.333 e. The summed E-state index contributed by atoms with van der Waals surface area (Å²) in [6.45, 7) is 6.18. The van der Waals surface area contributed by atoms with Gasteiger partial charge in [0.05, 0.1) is 6.61 Å². The molecule has 0 aromatic rings. The lowest BCUT2D eigenvalue weighted by Crippen LogP contribution is -2.07. The molecule has 0 heterocycles. The first-order chi connectivity index (χ1) is 6.72. The third kappa shape index (κ3) is 6.66. The van der Waals surface area contributed by atoms with E-state index in [0.29, 0.717) is 18.6 Å². The van der Waals surface area contributed by atoms with E-state index >= 15 is 0 Å². The van der Waals surface area contributed by atoms with Crippen LogP contribution in [0.3, 0.4) is 0 Å². The maximum absolute atomic E-state index is 11.1. The zero-order chi connectivity index (χ0) is 10.8. The summed E-state index contributed by atoms with van der Waals surface area (Å²) in [7, 11) is 0. The van der Waals surface area contributed by atoms with Crippen molar-refractivity contribution in [3.8, 4) is 0 Å². The lowest BCUT2D eigenvalue weighted by Gasteiger charge is -2.04. The molecule has 3 nitrogen and oxygen atoms in total. The van der Waals surface area contributed by atoms with Gasteiger partial charge in [0.25, 0.3) is 0 Å². The molecule has 0 radical (unpaired) electrons. The third-order valence-electron chi connectivity index (χ3n) is 2.00. The molecule has 0 aliphatic carbocycles. The van der Waals surface area contributed by atoms with Crippen LogP contribution in [0.4, 0.5) is 0 Å². The molecule has 0 bridgehead atoms. The molecular formula is C11H20O3. The van der Waals surface area contributed by atoms with Gasteiger partial charge in [0.2, 0.25) is 0 Å². The molecule has 82 valence electrons. The SMILES string of the molecule is C=C(CC)C(=O)OCCCCCCO. The molecule has 0 aliphatic rings. The molecule has 1 N–H and O–H groups in total. The summed E-state index contributed by atoms with van der Waals surface area (Å²) in [6.07, 6.45) is 4.32. The number of hydrogen-bond acceptors (Lipinski definition) is 3. The molecule has 0 atom stereocenters. The van der Waals surface area contributed by atoms with E-state index in [1.54, 1.807) is 0 Å². The fourth-order valence-electron chi connectivity index (χ4n) is 0.979. The van der Waals surface area contributed by atoms with E-state index in [-0.39, 0.29) is 12.6 Å². The Morgan fingerprint density at radius 3 is 2.50 bits per heavy atom. The van der Waals surface area contributed by atoms with Gasteiger partial charge in [0.15, 0.2) is 0 Å². The topological polar surface area (TPSA) is 46.5 Å². The Labute approximate surface area is 85.8 Å². The van der Waals surface area contributed by atoms with Gasteiger partial charge in [0, 0.05) is 12.2 Å². The summed E-state index contributed by atoms with van der Waals surface area (Å²) in [5.74, 6) is -0.283. The van der Waals surface area contributed by atoms with Crippen LogP contribution in [0.1, 0.15) is 39.0 Å². The van der Waals surface area contributed by atoms with Gasteiger partial charge in [-0.25, -0.2) is 4.79 Å². The number of rotatable bonds is 8. The monoisotopic (exact) mass is 200 g/mol. The number of esters is 1. The quantitative estimate of drug-likeness (QED) is 0.370. The fraction of sp³-hybridized carbons (Fsp3) is 0.727. The van der Waals surface area contributed by atoms with Crippen LogP contribution in [0.2, 0.25) is 0 Å². The second-order valence-corrected chi connectivity index (χ2v) is 3.23. The molecule has 0 amide bonds. The minimum absolute atomic E-state index is 0.242. The number of ether oxygens (including phenoxy) is 1. The molecule has 0 aromatic carbocycles. The van der Waals surface area contributed by atoms with E-state index in [2.05, 4.69) is 6.58 Å². The van der Waals surface area contributed by atoms with Gasteiger partial charge >= 0.3 is 5.97 Å². The Kier molecular flexibility index (Phi) is 8.24. The summed E-state index contributed by atoms with van der Waals surface area (Å²) in [5.41, 5.74) is 0.528. The Morgan fingerprint density at radius 1 is 1.29 bits per heavy atom. The molecule has 0 saturated heterocycles. The zero-order valence-electron chi connectivity index (χ0n) is 8.92. The average Bonchev–Trinajstić information content (AvgIpc) is 2.21. The Hall–Kier alpha value is -0.830. The number of hydrogen-bond donors (Lipinski definition) is 1. The molecule has 0 unspecified atom stereocenters. The summed E-state index contributed by atoms with van der Waals surface area (Å²) < 4.78 is 4.97. The number of carbonyl (C=O) groups excluding carboxylic acids is 1. The van der Waals surface area contributed by atoms with Crippen molar-refractivity contribution in [2.45, 2.75) is 39.0 Å². The first kappa shape index (κ1) is 13.2. The second-order valence-electron chi connectivity index (χ2n) is 3.23. The summed E-state index contributed by atoms with van der Waals surface area (Å²) in [5, 5.41) is 8.52. The minimum Gasteiger partial charge on any atom is -0.462 e. The molecule has 0 rings (SSSR count). The number of carbonyl (C=O) groups is 1. The van der Waals surface area contributed by atoms with Crippen LogP contribution in [0.15, 0.2) is 12.2 Å². The Bertz CT molecular complexity index is 175. The van der Waals surface area contributed by atoms with Gasteiger partial charge in [-0.05, 0) is 25.7 Å². The van der Waals surface area contributed by atoms with E-state index in [9.17, 15) is 4.79 Å². The van der Waals surface area contributed by atoms with Crippen LogP contribution >= 0.6 is 0 Å². The van der Waals surface area contributed by atoms with Crippen molar-refractivity contribution in [2.75, 3.05) is 13.2 Å². The molecule has 0 aromatic heterocycles. The van der Waals surface area contributed by atoms with E-state index in [1.165, 1.54) is 0 Å². The van der Waals surface area contributed by atoms with Crippen LogP contribution in [0.25, 0.3) is 0 Å². The van der Waals surface area contributed by atoms with Crippen molar-refractivity contribution < 1.29 is 14.6 Å². The standard InChI is InChI=1S/C11H20O3/c1-3-10(2)11(13)14-9-7-5-4-6-8-12/h12H,2-9H2,1H3. The number of unbranched alkanes of at least 4 members (excludes halogenated alkanes) is 3. The van der Waals surface area contributed by atoms with Crippen molar-refractivity contribution in [1.29, 1.82) is 0 Å². The lowest BCUT2D eigenvalue weighted by molar-refractivity contribution is -0.139. The van der Waals surface area contributed by atoms with Crippen LogP contribution in [0.5, 0.6) is 0 Å². The number of aliphatic hydroxyl groups excluding tert-OH is 1. The summed E-state index contributed by atoms with van der Waals surface area (Å²) in [6, 6.07) is 0. The van der Waals surface area contributed by atoms with Crippen molar-refractivity contribution in [3.05, 3.63) is 12.2 Å². The first-order valence-corrected chi connectivity index (χ1v) is 5.18. The molecule has 14 heavy (non-hydrogen) atoms. The van der Waals surface area contributed by atoms with E-state index < -0.39 is 0 Å². The highest BCUT2D eigenvalue weighted by Crippen LogP contribution is 2.03. The van der Waals surface area contributed by atoms with Crippen LogP contribution in [0, 0.1) is 0 Å². The van der Waals surface area contributed by atoms with Crippen molar-refractivity contribution in [2.24, 2.45) is 0 Å². The van der Waals surface area contributed by atoms with Crippen LogP contribution in [-0.4, -0.2) is 24.3 Å². The third-order valence-corrected chi connectivity index (χ3v) is 2.00. The minimum atomic E-state index is -0.283. The van der Waals surface area contributed by atoms with Gasteiger partial charge in [-0.2, -0.15) is 0 Å². The van der Waals surface area contributed by atoms with Crippen LogP contribution in [-0.2, 0) is 9.53 Å². The Morgan fingerprint density at radius 2 is 1.93 bits per heavy atom. The van der Waals surface area contributed by atoms with Gasteiger partial charge in [-0.1, -0.05) is 19.9 Å². The van der Waals surface area contributed by atoms with E-state index in [0.717, 1.165) is 25.7 Å². The number of aliphatic hydroxyl groups is 1. The summed E-state index contributed by atoms with van der Waals surface area (Å²) in [4.78, 5) is 11.1. The zero-order valence-corrected chi connectivity index (χ0v) is 8.92. The van der Waals surface area contributed by atoms with E-state index in [1.807, 2.05) is 6.92 Å². The predicted molar refractivity (Wildman–Crippen MR) is 55.9 cm³/mol. The normalized spacial score (nSPS) is 9.86. The fourth-order valence-corrected chi connectivity index (χ4v) is 0.979. The lowest BCUT2D eigenvalue weighted by atomic mass is 10.2. The van der Waals surface area contributed by atoms with Crippen molar-refractivity contribution in [3.63, 3.8) is 0 Å². The molecule has 0 saturated carbocycles. The maximum atomic E-state index is 11.1. The average molecular weight is 200 g/mol. The summed E-state index contributed by atoms with van der Waals surface area (Å²) >= 11 is 0. The first-order valence-electron chi connectivity index (χ1n) is 5.18. The Balaban J connectivity index is 3.27. The molecular weight excluding hydrogens is 180 g/mol. The highest BCUT2D eigenvalue weighted by Gasteiger charge is 2.04. The van der Waals surface area contributed by atoms with Gasteiger partial charge in [-0.3, -0.25) is 0 Å². The molecule has 3 heteroatoms. The van der Waals surface area contributed by atoms with Gasteiger partial charge in [-0.15, -0.1) is 0 Å². The molecule has 0 spiro atoms. The smallest absolute Gasteiger partial charge is 0.333 e. The van der Waals surface area contributed by atoms with E-state index in [4.69, 9.17) is 9.84 Å². The molecule has 0 aliphatic heterocycles. The largest absolute Gasteiger partial charge is 0.462 e. The van der Waals surface area contributed by atoms with Crippen molar-refractivity contribution in [1.82, 2.24) is 0 Å². The van der Waals surface area contributed by atoms with Gasteiger partial charge in [0.1, 0.15) is 0 Å². The molecule has 0 fully saturated rings. The van der Waals surface area contributed by atoms with Crippen molar-refractivity contribution >= 4 is 5.97 Å². The van der Waals surface area contributed by atoms with Crippen LogP contribution < -0.4 is 0 Å². The predicted octanol–water partition coefficient (Wildman–Crippen LogP) is 2.05. The highest BCUT2D eigenvalue weighted by atomic mass is 16.5. The second kappa shape index (κ2) is 8.75. The van der Waals surface area contributed by atoms with Gasteiger partial charge < -0.3 is 9.84 Å². The highest BCUT2D eigenvalue weighted by molar-refractivity contribution is 5.87.